The summed E-state index contributed by atoms with van der Waals surface area (Å²) in [6.45, 7) is 7.19. The van der Waals surface area contributed by atoms with E-state index in [-0.39, 0.29) is 5.82 Å². The first-order valence-electron chi connectivity index (χ1n) is 7.54. The predicted molar refractivity (Wildman–Crippen MR) is 85.0 cm³/mol. The maximum atomic E-state index is 14.2. The first-order chi connectivity index (χ1) is 9.63. The van der Waals surface area contributed by atoms with Gasteiger partial charge in [0.25, 0.3) is 0 Å². The Kier molecular flexibility index (Phi) is 4.22. The van der Waals surface area contributed by atoms with Crippen molar-refractivity contribution in [3.63, 3.8) is 0 Å². The molecule has 1 saturated carbocycles. The fourth-order valence-corrected chi connectivity index (χ4v) is 4.25. The lowest BCUT2D eigenvalue weighted by atomic mass is 10.1. The Morgan fingerprint density at radius 3 is 2.60 bits per heavy atom. The second-order valence-corrected chi connectivity index (χ2v) is 7.94. The number of rotatable bonds is 4. The molecule has 110 valence electrons. The van der Waals surface area contributed by atoms with Gasteiger partial charge in [0.2, 0.25) is 0 Å². The smallest absolute Gasteiger partial charge is 0.129 e. The molecule has 2 nitrogen and oxygen atoms in total. The largest absolute Gasteiger partial charge is 0.369 e. The van der Waals surface area contributed by atoms with Crippen LogP contribution in [0.25, 0.3) is 0 Å². The number of anilines is 1. The third kappa shape index (κ3) is 3.29. The average Bonchev–Trinajstić information content (AvgIpc) is 3.20. The highest BCUT2D eigenvalue weighted by Crippen LogP contribution is 2.32. The predicted octanol–water partition coefficient (Wildman–Crippen LogP) is 3.41. The zero-order valence-electron chi connectivity index (χ0n) is 12.2. The quantitative estimate of drug-likeness (QED) is 0.916. The summed E-state index contributed by atoms with van der Waals surface area (Å²) >= 11 is 2.03. The molecule has 2 fully saturated rings. The SMILES string of the molecule is CC1CN(c2cccc(F)c2CNC2CC2)CC(C)S1. The monoisotopic (exact) mass is 294 g/mol. The van der Waals surface area contributed by atoms with E-state index in [2.05, 4.69) is 30.1 Å². The lowest BCUT2D eigenvalue weighted by molar-refractivity contribution is 0.583. The van der Waals surface area contributed by atoms with Crippen molar-refractivity contribution in [2.24, 2.45) is 0 Å². The van der Waals surface area contributed by atoms with Crippen molar-refractivity contribution in [3.8, 4) is 0 Å². The van der Waals surface area contributed by atoms with Crippen LogP contribution in [-0.4, -0.2) is 29.6 Å². The zero-order valence-corrected chi connectivity index (χ0v) is 13.0. The number of thioether (sulfide) groups is 1. The number of nitrogens with zero attached hydrogens (tertiary/aromatic N) is 1. The van der Waals surface area contributed by atoms with E-state index in [0.29, 0.717) is 23.1 Å². The van der Waals surface area contributed by atoms with E-state index < -0.39 is 0 Å². The minimum atomic E-state index is -0.0748. The molecule has 1 aromatic rings. The highest BCUT2D eigenvalue weighted by Gasteiger charge is 2.26. The molecule has 0 bridgehead atoms. The Morgan fingerprint density at radius 2 is 1.95 bits per heavy atom. The highest BCUT2D eigenvalue weighted by molar-refractivity contribution is 8.00. The van der Waals surface area contributed by atoms with Gasteiger partial charge in [0.1, 0.15) is 5.82 Å². The molecular weight excluding hydrogens is 271 g/mol. The van der Waals surface area contributed by atoms with Crippen molar-refractivity contribution >= 4 is 17.4 Å². The van der Waals surface area contributed by atoms with Crippen LogP contribution in [0.15, 0.2) is 18.2 Å². The van der Waals surface area contributed by atoms with E-state index in [4.69, 9.17) is 0 Å². The number of nitrogens with one attached hydrogen (secondary N) is 1. The molecular formula is C16H23FN2S. The average molecular weight is 294 g/mol. The molecule has 3 rings (SSSR count). The molecule has 1 aromatic carbocycles. The van der Waals surface area contributed by atoms with Crippen LogP contribution in [0.3, 0.4) is 0 Å². The Hall–Kier alpha value is -0.740. The Morgan fingerprint density at radius 1 is 1.25 bits per heavy atom. The maximum absolute atomic E-state index is 14.2. The molecule has 2 atom stereocenters. The van der Waals surface area contributed by atoms with E-state index in [0.717, 1.165) is 24.3 Å². The summed E-state index contributed by atoms with van der Waals surface area (Å²) < 4.78 is 14.2. The zero-order chi connectivity index (χ0) is 14.1. The molecule has 0 radical (unpaired) electrons. The lowest BCUT2D eigenvalue weighted by Crippen LogP contribution is -2.41. The van der Waals surface area contributed by atoms with Crippen molar-refractivity contribution < 1.29 is 4.39 Å². The molecule has 1 aliphatic heterocycles. The standard InChI is InChI=1S/C16H23FN2S/c1-11-9-19(10-12(2)20-11)16-5-3-4-15(17)14(16)8-18-13-6-7-13/h3-5,11-13,18H,6-10H2,1-2H3. The number of benzene rings is 1. The van der Waals surface area contributed by atoms with Gasteiger partial charge in [-0.05, 0) is 25.0 Å². The van der Waals surface area contributed by atoms with Gasteiger partial charge >= 0.3 is 0 Å². The fourth-order valence-electron chi connectivity index (χ4n) is 2.93. The number of hydrogen-bond donors (Lipinski definition) is 1. The van der Waals surface area contributed by atoms with Crippen LogP contribution in [0, 0.1) is 5.82 Å². The lowest BCUT2D eigenvalue weighted by Gasteiger charge is -2.37. The second kappa shape index (κ2) is 5.94. The summed E-state index contributed by atoms with van der Waals surface area (Å²) in [5.41, 5.74) is 1.92. The van der Waals surface area contributed by atoms with E-state index in [1.54, 1.807) is 6.07 Å². The van der Waals surface area contributed by atoms with Gasteiger partial charge in [0.15, 0.2) is 0 Å². The van der Waals surface area contributed by atoms with E-state index in [1.807, 2.05) is 17.8 Å². The highest BCUT2D eigenvalue weighted by atomic mass is 32.2. The van der Waals surface area contributed by atoms with Gasteiger partial charge in [-0.25, -0.2) is 4.39 Å². The Balaban J connectivity index is 1.81. The molecule has 1 N–H and O–H groups in total. The fraction of sp³-hybridized carbons (Fsp3) is 0.625. The van der Waals surface area contributed by atoms with Gasteiger partial charge in [-0.15, -0.1) is 0 Å². The minimum absolute atomic E-state index is 0.0748. The van der Waals surface area contributed by atoms with Gasteiger partial charge in [-0.2, -0.15) is 11.8 Å². The molecule has 1 saturated heterocycles. The van der Waals surface area contributed by atoms with Crippen LogP contribution >= 0.6 is 11.8 Å². The second-order valence-electron chi connectivity index (χ2n) is 6.05. The molecule has 2 unspecified atom stereocenters. The number of hydrogen-bond acceptors (Lipinski definition) is 3. The third-order valence-corrected chi connectivity index (χ3v) is 5.23. The van der Waals surface area contributed by atoms with Crippen LogP contribution < -0.4 is 10.2 Å². The van der Waals surface area contributed by atoms with Gasteiger partial charge in [0.05, 0.1) is 0 Å². The molecule has 0 amide bonds. The molecule has 1 heterocycles. The minimum Gasteiger partial charge on any atom is -0.369 e. The summed E-state index contributed by atoms with van der Waals surface area (Å²) in [4.78, 5) is 2.36. The van der Waals surface area contributed by atoms with Crippen LogP contribution in [0.1, 0.15) is 32.3 Å². The first kappa shape index (κ1) is 14.2. The summed E-state index contributed by atoms with van der Waals surface area (Å²) in [7, 11) is 0. The summed E-state index contributed by atoms with van der Waals surface area (Å²) in [5, 5.41) is 4.65. The summed E-state index contributed by atoms with van der Waals surface area (Å²) in [5.74, 6) is -0.0748. The van der Waals surface area contributed by atoms with Crippen molar-refractivity contribution in [2.45, 2.75) is 49.8 Å². The van der Waals surface area contributed by atoms with Crippen molar-refractivity contribution in [1.82, 2.24) is 5.32 Å². The third-order valence-electron chi connectivity index (χ3n) is 4.00. The molecule has 20 heavy (non-hydrogen) atoms. The van der Waals surface area contributed by atoms with Crippen LogP contribution in [-0.2, 0) is 6.54 Å². The van der Waals surface area contributed by atoms with E-state index in [1.165, 1.54) is 12.8 Å². The van der Waals surface area contributed by atoms with E-state index >= 15 is 0 Å². The molecule has 0 spiro atoms. The van der Waals surface area contributed by atoms with Gasteiger partial charge in [-0.1, -0.05) is 19.9 Å². The summed E-state index contributed by atoms with van der Waals surface area (Å²) in [6.07, 6.45) is 2.47. The van der Waals surface area contributed by atoms with Crippen molar-refractivity contribution in [3.05, 3.63) is 29.6 Å². The van der Waals surface area contributed by atoms with Crippen molar-refractivity contribution in [2.75, 3.05) is 18.0 Å². The van der Waals surface area contributed by atoms with Crippen LogP contribution in [0.5, 0.6) is 0 Å². The van der Waals surface area contributed by atoms with Gasteiger partial charge < -0.3 is 10.2 Å². The van der Waals surface area contributed by atoms with Crippen molar-refractivity contribution in [1.29, 1.82) is 0 Å². The van der Waals surface area contributed by atoms with Crippen LogP contribution in [0.4, 0.5) is 10.1 Å². The number of halogens is 1. The van der Waals surface area contributed by atoms with Gasteiger partial charge in [0, 0.05) is 47.4 Å². The Bertz CT molecular complexity index is 466. The van der Waals surface area contributed by atoms with Gasteiger partial charge in [-0.3, -0.25) is 0 Å². The van der Waals surface area contributed by atoms with Crippen LogP contribution in [0.2, 0.25) is 0 Å². The molecule has 1 aliphatic carbocycles. The molecule has 4 heteroatoms. The van der Waals surface area contributed by atoms with E-state index in [9.17, 15) is 4.39 Å². The Labute approximate surface area is 125 Å². The normalized spacial score (nSPS) is 26.9. The molecule has 2 aliphatic rings. The maximum Gasteiger partial charge on any atom is 0.129 e. The summed E-state index contributed by atoms with van der Waals surface area (Å²) in [6, 6.07) is 6.10. The first-order valence-corrected chi connectivity index (χ1v) is 8.49. The molecule has 0 aromatic heterocycles. The topological polar surface area (TPSA) is 15.3 Å².